The number of sulfonamides is 1. The highest BCUT2D eigenvalue weighted by molar-refractivity contribution is 7.89. The minimum atomic E-state index is -3.73. The second-order valence-electron chi connectivity index (χ2n) is 7.16. The number of benzene rings is 2. The summed E-state index contributed by atoms with van der Waals surface area (Å²) in [7, 11) is -3.73. The average molecular weight is 440 g/mol. The fourth-order valence-corrected chi connectivity index (χ4v) is 3.70. The molecule has 0 saturated carbocycles. The van der Waals surface area contributed by atoms with Gasteiger partial charge in [-0.25, -0.2) is 13.6 Å². The van der Waals surface area contributed by atoms with Crippen LogP contribution in [0.2, 0.25) is 0 Å². The van der Waals surface area contributed by atoms with Crippen LogP contribution in [-0.4, -0.2) is 31.1 Å². The van der Waals surface area contributed by atoms with Gasteiger partial charge in [0.05, 0.1) is 4.90 Å². The number of aryl methyl sites for hydroxylation is 2. The topological polar surface area (TPSA) is 141 Å². The molecule has 0 aliphatic carbocycles. The summed E-state index contributed by atoms with van der Waals surface area (Å²) in [6.07, 6.45) is 0.486. The Labute approximate surface area is 178 Å². The Morgan fingerprint density at radius 1 is 1.06 bits per heavy atom. The number of furan rings is 1. The fourth-order valence-electron chi connectivity index (χ4n) is 3.19. The van der Waals surface area contributed by atoms with Gasteiger partial charge in [-0.05, 0) is 50.1 Å². The van der Waals surface area contributed by atoms with E-state index in [2.05, 4.69) is 15.5 Å². The maximum atomic E-state index is 12.3. The number of hydrogen-bond acceptors (Lipinski definition) is 7. The maximum absolute atomic E-state index is 12.3. The van der Waals surface area contributed by atoms with Crippen molar-refractivity contribution in [1.82, 2.24) is 15.5 Å². The van der Waals surface area contributed by atoms with E-state index in [4.69, 9.17) is 14.0 Å². The van der Waals surface area contributed by atoms with Gasteiger partial charge in [0.1, 0.15) is 5.58 Å². The van der Waals surface area contributed by atoms with E-state index in [9.17, 15) is 13.2 Å². The molecule has 2 aromatic heterocycles. The normalized spacial score (nSPS) is 11.7. The molecule has 4 rings (SSSR count). The van der Waals surface area contributed by atoms with E-state index in [1.165, 1.54) is 12.1 Å². The van der Waals surface area contributed by atoms with Crippen molar-refractivity contribution in [3.05, 3.63) is 65.0 Å². The summed E-state index contributed by atoms with van der Waals surface area (Å²) in [5.74, 6) is -0.114. The molecule has 1 amide bonds. The van der Waals surface area contributed by atoms with Gasteiger partial charge < -0.3 is 14.2 Å². The second kappa shape index (κ2) is 7.97. The van der Waals surface area contributed by atoms with Crippen LogP contribution in [0.1, 0.15) is 27.4 Å². The van der Waals surface area contributed by atoms with E-state index in [0.29, 0.717) is 24.3 Å². The molecule has 160 valence electrons. The van der Waals surface area contributed by atoms with Crippen LogP contribution in [0, 0.1) is 13.8 Å². The van der Waals surface area contributed by atoms with E-state index in [-0.39, 0.29) is 16.7 Å². The molecule has 0 aliphatic heterocycles. The molecule has 0 spiro atoms. The summed E-state index contributed by atoms with van der Waals surface area (Å²) >= 11 is 0. The molecule has 2 heterocycles. The molecule has 0 saturated heterocycles. The Kier molecular flexibility index (Phi) is 5.34. The molecule has 10 heteroatoms. The van der Waals surface area contributed by atoms with E-state index >= 15 is 0 Å². The molecule has 0 radical (unpaired) electrons. The van der Waals surface area contributed by atoms with E-state index < -0.39 is 15.9 Å². The number of aromatic nitrogens is 2. The Morgan fingerprint density at radius 3 is 2.52 bits per heavy atom. The van der Waals surface area contributed by atoms with Crippen LogP contribution < -0.4 is 10.5 Å². The maximum Gasteiger partial charge on any atom is 0.308 e. The number of carbonyl (C=O) groups excluding carboxylic acids is 1. The number of hydrogen-bond donors (Lipinski definition) is 2. The lowest BCUT2D eigenvalue weighted by atomic mass is 10.1. The van der Waals surface area contributed by atoms with Gasteiger partial charge in [0.2, 0.25) is 10.0 Å². The van der Waals surface area contributed by atoms with Crippen LogP contribution in [0.15, 0.2) is 56.2 Å². The lowest BCUT2D eigenvalue weighted by Gasteiger charge is -2.04. The SMILES string of the molecule is Cc1ccc2oc(-c3nnc(C(=O)NCCc4ccc(S(N)(=O)=O)cc4)o3)c(C)c2c1. The van der Waals surface area contributed by atoms with Crippen molar-refractivity contribution in [3.8, 4) is 11.7 Å². The van der Waals surface area contributed by atoms with Crippen molar-refractivity contribution >= 4 is 26.9 Å². The minimum absolute atomic E-state index is 0.0368. The van der Waals surface area contributed by atoms with Crippen LogP contribution in [0.5, 0.6) is 0 Å². The number of fused-ring (bicyclic) bond motifs is 1. The number of amides is 1. The minimum Gasteiger partial charge on any atom is -0.451 e. The van der Waals surface area contributed by atoms with E-state index in [1.807, 2.05) is 32.0 Å². The second-order valence-corrected chi connectivity index (χ2v) is 8.72. The van der Waals surface area contributed by atoms with Crippen LogP contribution in [-0.2, 0) is 16.4 Å². The van der Waals surface area contributed by atoms with Gasteiger partial charge in [-0.2, -0.15) is 0 Å². The van der Waals surface area contributed by atoms with E-state index in [1.54, 1.807) is 12.1 Å². The zero-order valence-electron chi connectivity index (χ0n) is 16.9. The third-order valence-corrected chi connectivity index (χ3v) is 5.79. The number of nitrogens with two attached hydrogens (primary N) is 1. The molecular weight excluding hydrogens is 420 g/mol. The largest absolute Gasteiger partial charge is 0.451 e. The summed E-state index contributed by atoms with van der Waals surface area (Å²) in [6.45, 7) is 4.19. The lowest BCUT2D eigenvalue weighted by Crippen LogP contribution is -2.26. The lowest BCUT2D eigenvalue weighted by molar-refractivity contribution is 0.0920. The van der Waals surface area contributed by atoms with Crippen LogP contribution in [0.25, 0.3) is 22.6 Å². The van der Waals surface area contributed by atoms with Crippen molar-refractivity contribution in [3.63, 3.8) is 0 Å². The molecule has 0 bridgehead atoms. The van der Waals surface area contributed by atoms with Gasteiger partial charge in [-0.15, -0.1) is 10.2 Å². The standard InChI is InChI=1S/C21H20N4O5S/c1-12-3-8-17-16(11-12)13(2)18(29-17)20-24-25-21(30-20)19(26)23-10-9-14-4-6-15(7-5-14)31(22,27)28/h3-8,11H,9-10H2,1-2H3,(H,23,26)(H2,22,27,28). The van der Waals surface area contributed by atoms with Crippen molar-refractivity contribution < 1.29 is 22.0 Å². The number of carbonyl (C=O) groups is 1. The van der Waals surface area contributed by atoms with Crippen molar-refractivity contribution in [2.45, 2.75) is 25.2 Å². The van der Waals surface area contributed by atoms with Gasteiger partial charge in [0, 0.05) is 17.5 Å². The van der Waals surface area contributed by atoms with Crippen LogP contribution in [0.3, 0.4) is 0 Å². The van der Waals surface area contributed by atoms with Gasteiger partial charge in [-0.3, -0.25) is 4.79 Å². The van der Waals surface area contributed by atoms with Crippen LogP contribution in [0.4, 0.5) is 0 Å². The fraction of sp³-hybridized carbons (Fsp3) is 0.190. The first-order chi connectivity index (χ1) is 14.7. The molecule has 31 heavy (non-hydrogen) atoms. The monoisotopic (exact) mass is 440 g/mol. The Hall–Kier alpha value is -3.50. The molecule has 0 fully saturated rings. The summed E-state index contributed by atoms with van der Waals surface area (Å²) in [6, 6.07) is 12.0. The summed E-state index contributed by atoms with van der Waals surface area (Å²) < 4.78 is 33.9. The Bertz CT molecular complexity index is 1370. The molecule has 2 aromatic carbocycles. The molecule has 3 N–H and O–H groups in total. The van der Waals surface area contributed by atoms with Gasteiger partial charge in [-0.1, -0.05) is 23.8 Å². The first-order valence-electron chi connectivity index (χ1n) is 9.46. The van der Waals surface area contributed by atoms with Gasteiger partial charge in [0.15, 0.2) is 5.76 Å². The predicted molar refractivity (Wildman–Crippen MR) is 113 cm³/mol. The van der Waals surface area contributed by atoms with Crippen molar-refractivity contribution in [2.24, 2.45) is 5.14 Å². The molecule has 0 unspecified atom stereocenters. The Balaban J connectivity index is 1.41. The smallest absolute Gasteiger partial charge is 0.308 e. The first kappa shape index (κ1) is 20.8. The number of nitrogens with zero attached hydrogens (tertiary/aromatic N) is 2. The van der Waals surface area contributed by atoms with Crippen LogP contribution >= 0.6 is 0 Å². The highest BCUT2D eigenvalue weighted by atomic mass is 32.2. The number of rotatable bonds is 6. The average Bonchev–Trinajstić information content (AvgIpc) is 3.33. The summed E-state index contributed by atoms with van der Waals surface area (Å²) in [4.78, 5) is 12.4. The molecule has 4 aromatic rings. The first-order valence-corrected chi connectivity index (χ1v) is 11.0. The molecule has 0 aliphatic rings. The summed E-state index contributed by atoms with van der Waals surface area (Å²) in [5, 5.41) is 16.5. The zero-order chi connectivity index (χ0) is 22.2. The third-order valence-electron chi connectivity index (χ3n) is 4.86. The molecule has 0 atom stereocenters. The molecular formula is C21H20N4O5S. The highest BCUT2D eigenvalue weighted by Gasteiger charge is 2.21. The summed E-state index contributed by atoms with van der Waals surface area (Å²) in [5.41, 5.74) is 3.51. The van der Waals surface area contributed by atoms with Gasteiger partial charge in [0.25, 0.3) is 5.89 Å². The molecule has 9 nitrogen and oxygen atoms in total. The van der Waals surface area contributed by atoms with E-state index in [0.717, 1.165) is 22.1 Å². The zero-order valence-corrected chi connectivity index (χ0v) is 17.7. The predicted octanol–water partition coefficient (Wildman–Crippen LogP) is 2.72. The van der Waals surface area contributed by atoms with Crippen molar-refractivity contribution in [2.75, 3.05) is 6.54 Å². The quantitative estimate of drug-likeness (QED) is 0.469. The highest BCUT2D eigenvalue weighted by Crippen LogP contribution is 2.32. The van der Waals surface area contributed by atoms with Crippen molar-refractivity contribution in [1.29, 1.82) is 0 Å². The Morgan fingerprint density at radius 2 is 1.81 bits per heavy atom. The third kappa shape index (κ3) is 4.35. The number of primary sulfonamides is 1. The number of nitrogens with one attached hydrogen (secondary N) is 1. The van der Waals surface area contributed by atoms with Gasteiger partial charge >= 0.3 is 11.8 Å².